The fraction of sp³-hybridized carbons (Fsp3) is 0.483. The van der Waals surface area contributed by atoms with Crippen LogP contribution in [-0.2, 0) is 12.8 Å². The largest absolute Gasteiger partial charge is 0.395 e. The Hall–Kier alpha value is -2.59. The van der Waals surface area contributed by atoms with E-state index in [4.69, 9.17) is 5.11 Å². The SMILES string of the molecule is CCC(C)C(C)C.CNCCO.Cc1ccc(-c2nnc(-c3cccc4c3CCC4)s2)cc1C#N. The van der Waals surface area contributed by atoms with Crippen molar-refractivity contribution in [3.05, 3.63) is 58.7 Å². The van der Waals surface area contributed by atoms with E-state index in [0.717, 1.165) is 39.4 Å². The van der Waals surface area contributed by atoms with E-state index in [2.05, 4.69) is 67.5 Å². The molecule has 1 aromatic heterocycles. The summed E-state index contributed by atoms with van der Waals surface area (Å²) < 4.78 is 0. The normalized spacial score (nSPS) is 12.7. The first-order valence-corrected chi connectivity index (χ1v) is 13.4. The van der Waals surface area contributed by atoms with Gasteiger partial charge < -0.3 is 10.4 Å². The van der Waals surface area contributed by atoms with Crippen molar-refractivity contribution in [1.29, 1.82) is 5.26 Å². The van der Waals surface area contributed by atoms with Gasteiger partial charge in [-0.1, -0.05) is 75.8 Å². The van der Waals surface area contributed by atoms with Gasteiger partial charge >= 0.3 is 0 Å². The molecule has 0 fully saturated rings. The Kier molecular flexibility index (Phi) is 12.1. The van der Waals surface area contributed by atoms with Gasteiger partial charge in [0.15, 0.2) is 0 Å². The van der Waals surface area contributed by atoms with Crippen LogP contribution in [0.25, 0.3) is 21.1 Å². The van der Waals surface area contributed by atoms with Crippen molar-refractivity contribution in [3.8, 4) is 27.2 Å². The van der Waals surface area contributed by atoms with Crippen molar-refractivity contribution in [2.75, 3.05) is 20.2 Å². The number of nitriles is 1. The molecule has 1 atom stereocenters. The number of aliphatic hydroxyl groups is 1. The van der Waals surface area contributed by atoms with E-state index in [1.54, 1.807) is 18.4 Å². The molecule has 4 rings (SSSR count). The molecule has 2 aromatic carbocycles. The van der Waals surface area contributed by atoms with Gasteiger partial charge in [-0.3, -0.25) is 0 Å². The van der Waals surface area contributed by atoms with Crippen LogP contribution in [0.3, 0.4) is 0 Å². The molecule has 2 N–H and O–H groups in total. The Morgan fingerprint density at radius 1 is 1.11 bits per heavy atom. The lowest BCUT2D eigenvalue weighted by molar-refractivity contribution is 0.296. The second-order valence-corrected chi connectivity index (χ2v) is 10.3. The maximum Gasteiger partial charge on any atom is 0.148 e. The summed E-state index contributed by atoms with van der Waals surface area (Å²) in [6, 6.07) is 14.6. The molecular weight excluding hydrogens is 452 g/mol. The van der Waals surface area contributed by atoms with Crippen LogP contribution in [0.1, 0.15) is 62.8 Å². The molecule has 0 bridgehead atoms. The van der Waals surface area contributed by atoms with Crippen LogP contribution < -0.4 is 5.32 Å². The predicted molar refractivity (Wildman–Crippen MR) is 148 cm³/mol. The molecule has 188 valence electrons. The summed E-state index contributed by atoms with van der Waals surface area (Å²) in [6.45, 7) is 12.0. The van der Waals surface area contributed by atoms with E-state index in [1.165, 1.54) is 36.0 Å². The standard InChI is InChI=1S/C19H15N3S.C7H16.C3H9NO/c1-12-8-9-14(10-15(12)11-20)18-21-22-19(23-18)17-7-3-5-13-4-2-6-16(13)17;1-5-7(4)6(2)3;1-4-2-3-5/h3,5,7-10H,2,4,6H2,1H3;6-7H,5H2,1-4H3;4-5H,2-3H2,1H3. The fourth-order valence-electron chi connectivity index (χ4n) is 3.73. The number of nitrogens with one attached hydrogen (secondary N) is 1. The maximum atomic E-state index is 9.20. The predicted octanol–water partition coefficient (Wildman–Crippen LogP) is 6.43. The first-order chi connectivity index (χ1) is 16.9. The number of nitrogens with zero attached hydrogens (tertiary/aromatic N) is 3. The molecule has 1 aliphatic rings. The topological polar surface area (TPSA) is 81.8 Å². The van der Waals surface area contributed by atoms with Crippen molar-refractivity contribution < 1.29 is 5.11 Å². The molecule has 1 heterocycles. The third kappa shape index (κ3) is 8.24. The number of rotatable bonds is 6. The van der Waals surface area contributed by atoms with Gasteiger partial charge in [0.25, 0.3) is 0 Å². The number of fused-ring (bicyclic) bond motifs is 1. The van der Waals surface area contributed by atoms with Crippen molar-refractivity contribution in [1.82, 2.24) is 15.5 Å². The van der Waals surface area contributed by atoms with E-state index < -0.39 is 0 Å². The number of hydrogen-bond acceptors (Lipinski definition) is 6. The second-order valence-electron chi connectivity index (χ2n) is 9.31. The molecule has 0 amide bonds. The van der Waals surface area contributed by atoms with E-state index in [1.807, 2.05) is 25.1 Å². The Labute approximate surface area is 215 Å². The van der Waals surface area contributed by atoms with E-state index in [0.29, 0.717) is 12.1 Å². The minimum atomic E-state index is 0.233. The highest BCUT2D eigenvalue weighted by atomic mass is 32.1. The molecule has 0 radical (unpaired) electrons. The first-order valence-electron chi connectivity index (χ1n) is 12.6. The molecule has 0 saturated carbocycles. The lowest BCUT2D eigenvalue weighted by Gasteiger charge is -2.10. The lowest BCUT2D eigenvalue weighted by atomic mass is 9.96. The summed E-state index contributed by atoms with van der Waals surface area (Å²) in [4.78, 5) is 0. The van der Waals surface area contributed by atoms with Crippen LogP contribution in [0.5, 0.6) is 0 Å². The highest BCUT2D eigenvalue weighted by Gasteiger charge is 2.18. The number of likely N-dealkylation sites (N-methyl/N-ethyl adjacent to an activating group) is 1. The Morgan fingerprint density at radius 3 is 2.43 bits per heavy atom. The van der Waals surface area contributed by atoms with Gasteiger partial charge in [-0.05, 0) is 67.8 Å². The van der Waals surface area contributed by atoms with E-state index >= 15 is 0 Å². The molecular formula is C29H40N4OS. The molecule has 6 heteroatoms. The third-order valence-corrected chi connectivity index (χ3v) is 7.56. The summed E-state index contributed by atoms with van der Waals surface area (Å²) >= 11 is 1.60. The van der Waals surface area contributed by atoms with Crippen LogP contribution in [0.2, 0.25) is 0 Å². The fourth-order valence-corrected chi connectivity index (χ4v) is 4.62. The summed E-state index contributed by atoms with van der Waals surface area (Å²) in [5.41, 5.74) is 6.74. The van der Waals surface area contributed by atoms with E-state index in [-0.39, 0.29) is 6.61 Å². The van der Waals surface area contributed by atoms with Gasteiger partial charge in [-0.25, -0.2) is 0 Å². The monoisotopic (exact) mass is 492 g/mol. The van der Waals surface area contributed by atoms with Gasteiger partial charge in [-0.2, -0.15) is 5.26 Å². The van der Waals surface area contributed by atoms with Gasteiger partial charge in [0.1, 0.15) is 10.0 Å². The smallest absolute Gasteiger partial charge is 0.148 e. The zero-order valence-electron chi connectivity index (χ0n) is 22.1. The number of benzene rings is 2. The minimum absolute atomic E-state index is 0.233. The first kappa shape index (κ1) is 28.6. The molecule has 1 aliphatic carbocycles. The van der Waals surface area contributed by atoms with Gasteiger partial charge in [0.2, 0.25) is 0 Å². The molecule has 0 saturated heterocycles. The average Bonchev–Trinajstić information content (AvgIpc) is 3.55. The zero-order valence-corrected chi connectivity index (χ0v) is 22.9. The van der Waals surface area contributed by atoms with E-state index in [9.17, 15) is 5.26 Å². The Morgan fingerprint density at radius 2 is 1.86 bits per heavy atom. The summed E-state index contributed by atoms with van der Waals surface area (Å²) in [5, 5.41) is 30.6. The zero-order chi connectivity index (χ0) is 25.8. The average molecular weight is 493 g/mol. The van der Waals surface area contributed by atoms with Crippen LogP contribution >= 0.6 is 11.3 Å². The summed E-state index contributed by atoms with van der Waals surface area (Å²) in [5.74, 6) is 1.77. The molecule has 1 unspecified atom stereocenters. The van der Waals surface area contributed by atoms with Gasteiger partial charge in [-0.15, -0.1) is 10.2 Å². The van der Waals surface area contributed by atoms with Crippen LogP contribution in [-0.4, -0.2) is 35.5 Å². The van der Waals surface area contributed by atoms with Crippen LogP contribution in [0.15, 0.2) is 36.4 Å². The minimum Gasteiger partial charge on any atom is -0.395 e. The van der Waals surface area contributed by atoms with Crippen LogP contribution in [0.4, 0.5) is 0 Å². The highest BCUT2D eigenvalue weighted by Crippen LogP contribution is 2.36. The summed E-state index contributed by atoms with van der Waals surface area (Å²) in [7, 11) is 1.80. The molecule has 3 aromatic rings. The van der Waals surface area contributed by atoms with Gasteiger partial charge in [0.05, 0.1) is 18.2 Å². The second kappa shape index (κ2) is 14.7. The quantitative estimate of drug-likeness (QED) is 0.414. The van der Waals surface area contributed by atoms with Crippen molar-refractivity contribution in [2.45, 2.75) is 60.3 Å². The molecule has 5 nitrogen and oxygen atoms in total. The maximum absolute atomic E-state index is 9.20. The highest BCUT2D eigenvalue weighted by molar-refractivity contribution is 7.17. The Balaban J connectivity index is 0.000000302. The number of hydrogen-bond donors (Lipinski definition) is 2. The lowest BCUT2D eigenvalue weighted by Crippen LogP contribution is -2.10. The number of aryl methyl sites for hydroxylation is 2. The Bertz CT molecular complexity index is 1100. The summed E-state index contributed by atoms with van der Waals surface area (Å²) in [6.07, 6.45) is 4.83. The van der Waals surface area contributed by atoms with Crippen molar-refractivity contribution >= 4 is 11.3 Å². The third-order valence-electron chi connectivity index (χ3n) is 6.55. The van der Waals surface area contributed by atoms with Crippen LogP contribution in [0, 0.1) is 30.1 Å². The molecule has 35 heavy (non-hydrogen) atoms. The molecule has 0 aliphatic heterocycles. The number of aliphatic hydroxyl groups excluding tert-OH is 1. The molecule has 0 spiro atoms. The van der Waals surface area contributed by atoms with Gasteiger partial charge in [0, 0.05) is 17.7 Å². The number of aromatic nitrogens is 2. The van der Waals surface area contributed by atoms with Crippen molar-refractivity contribution in [3.63, 3.8) is 0 Å². The van der Waals surface area contributed by atoms with Crippen molar-refractivity contribution in [2.24, 2.45) is 11.8 Å².